The van der Waals surface area contributed by atoms with Crippen LogP contribution in [0.2, 0.25) is 0 Å². The van der Waals surface area contributed by atoms with Crippen molar-refractivity contribution in [2.24, 2.45) is 5.92 Å². The van der Waals surface area contributed by atoms with E-state index in [0.717, 1.165) is 19.0 Å². The van der Waals surface area contributed by atoms with E-state index in [4.69, 9.17) is 0 Å². The van der Waals surface area contributed by atoms with E-state index < -0.39 is 0 Å². The van der Waals surface area contributed by atoms with Crippen molar-refractivity contribution in [3.05, 3.63) is 35.9 Å². The largest absolute Gasteiger partial charge is 0.311 e. The molecular weight excluding hydrogens is 263 g/mol. The molecule has 2 aliphatic rings. The Morgan fingerprint density at radius 2 is 1.86 bits per heavy atom. The zero-order valence-corrected chi connectivity index (χ0v) is 12.8. The van der Waals surface area contributed by atoms with Gasteiger partial charge in [-0.1, -0.05) is 49.6 Å². The summed E-state index contributed by atoms with van der Waals surface area (Å²) >= 11 is 0. The van der Waals surface area contributed by atoms with Crippen molar-refractivity contribution in [3.63, 3.8) is 0 Å². The Morgan fingerprint density at radius 3 is 2.57 bits per heavy atom. The molecule has 3 heteroatoms. The minimum atomic E-state index is -0.249. The molecule has 3 rings (SSSR count). The van der Waals surface area contributed by atoms with Crippen LogP contribution in [-0.2, 0) is 0 Å². The first kappa shape index (κ1) is 15.0. The van der Waals surface area contributed by atoms with Gasteiger partial charge < -0.3 is 5.32 Å². The van der Waals surface area contributed by atoms with Gasteiger partial charge in [-0.25, -0.2) is 4.39 Å². The van der Waals surface area contributed by atoms with Crippen molar-refractivity contribution in [2.75, 3.05) is 26.3 Å². The Bertz CT molecular complexity index is 416. The molecule has 0 amide bonds. The van der Waals surface area contributed by atoms with E-state index in [2.05, 4.69) is 34.5 Å². The molecule has 1 saturated carbocycles. The predicted octanol–water partition coefficient (Wildman–Crippen LogP) is 3.55. The third kappa shape index (κ3) is 3.64. The Morgan fingerprint density at radius 1 is 1.10 bits per heavy atom. The number of nitrogens with zero attached hydrogens (tertiary/aromatic N) is 1. The molecule has 2 nitrogen and oxygen atoms in total. The van der Waals surface area contributed by atoms with Crippen molar-refractivity contribution >= 4 is 0 Å². The van der Waals surface area contributed by atoms with E-state index in [1.54, 1.807) is 0 Å². The van der Waals surface area contributed by atoms with Crippen molar-refractivity contribution in [1.29, 1.82) is 0 Å². The van der Waals surface area contributed by atoms with Gasteiger partial charge in [-0.05, 0) is 24.3 Å². The van der Waals surface area contributed by atoms with E-state index in [1.165, 1.54) is 37.7 Å². The molecule has 2 fully saturated rings. The second-order valence-electron chi connectivity index (χ2n) is 6.52. The second-order valence-corrected chi connectivity index (χ2v) is 6.52. The fourth-order valence-electron chi connectivity index (χ4n) is 4.05. The molecule has 2 unspecified atom stereocenters. The molecule has 1 N–H and O–H groups in total. The molecular formula is C18H27FN2. The van der Waals surface area contributed by atoms with Gasteiger partial charge in [0, 0.05) is 31.7 Å². The molecule has 1 aromatic rings. The fourth-order valence-corrected chi connectivity index (χ4v) is 4.05. The summed E-state index contributed by atoms with van der Waals surface area (Å²) in [6.07, 6.45) is 6.82. The number of benzene rings is 1. The molecule has 2 atom stereocenters. The Labute approximate surface area is 127 Å². The van der Waals surface area contributed by atoms with Gasteiger partial charge in [-0.2, -0.15) is 0 Å². The topological polar surface area (TPSA) is 15.3 Å². The summed E-state index contributed by atoms with van der Waals surface area (Å²) in [4.78, 5) is 2.35. The second kappa shape index (κ2) is 7.37. The predicted molar refractivity (Wildman–Crippen MR) is 85.1 cm³/mol. The van der Waals surface area contributed by atoms with E-state index in [9.17, 15) is 4.39 Å². The highest BCUT2D eigenvalue weighted by atomic mass is 19.1. The highest BCUT2D eigenvalue weighted by Crippen LogP contribution is 2.31. The van der Waals surface area contributed by atoms with Crippen LogP contribution in [0.1, 0.15) is 43.7 Å². The number of nitrogens with one attached hydrogen (secondary N) is 1. The van der Waals surface area contributed by atoms with E-state index in [0.29, 0.717) is 18.6 Å². The molecule has 0 aromatic heterocycles. The molecule has 0 bridgehead atoms. The smallest absolute Gasteiger partial charge is 0.102 e. The summed E-state index contributed by atoms with van der Waals surface area (Å²) in [5.74, 6) is 0.789. The summed E-state index contributed by atoms with van der Waals surface area (Å²) in [5, 5.41) is 3.76. The number of hydrogen-bond donors (Lipinski definition) is 1. The molecule has 1 aliphatic heterocycles. The molecule has 1 saturated heterocycles. The lowest BCUT2D eigenvalue weighted by Gasteiger charge is -2.44. The van der Waals surface area contributed by atoms with Crippen molar-refractivity contribution < 1.29 is 4.39 Å². The van der Waals surface area contributed by atoms with Crippen LogP contribution in [0.3, 0.4) is 0 Å². The molecule has 116 valence electrons. The quantitative estimate of drug-likeness (QED) is 0.912. The third-order valence-corrected chi connectivity index (χ3v) is 5.22. The van der Waals surface area contributed by atoms with Gasteiger partial charge >= 0.3 is 0 Å². The molecule has 1 heterocycles. The highest BCUT2D eigenvalue weighted by Gasteiger charge is 2.33. The monoisotopic (exact) mass is 290 g/mol. The van der Waals surface area contributed by atoms with Gasteiger partial charge in [0.2, 0.25) is 0 Å². The van der Waals surface area contributed by atoms with Gasteiger partial charge in [0.15, 0.2) is 0 Å². The van der Waals surface area contributed by atoms with E-state index >= 15 is 0 Å². The van der Waals surface area contributed by atoms with Crippen LogP contribution in [0.25, 0.3) is 0 Å². The molecule has 1 aromatic carbocycles. The molecule has 0 spiro atoms. The number of hydrogen-bond acceptors (Lipinski definition) is 2. The minimum Gasteiger partial charge on any atom is -0.311 e. The van der Waals surface area contributed by atoms with Crippen LogP contribution in [0, 0.1) is 5.92 Å². The van der Waals surface area contributed by atoms with Gasteiger partial charge in [0.1, 0.15) is 6.67 Å². The van der Waals surface area contributed by atoms with Crippen molar-refractivity contribution in [3.8, 4) is 0 Å². The van der Waals surface area contributed by atoms with Crippen LogP contribution in [0.4, 0.5) is 4.39 Å². The summed E-state index contributed by atoms with van der Waals surface area (Å²) in [6.45, 7) is 2.25. The number of piperazine rings is 1. The van der Waals surface area contributed by atoms with Gasteiger partial charge in [-0.15, -0.1) is 0 Å². The van der Waals surface area contributed by atoms with Gasteiger partial charge in [0.25, 0.3) is 0 Å². The third-order valence-electron chi connectivity index (χ3n) is 5.22. The van der Waals surface area contributed by atoms with Gasteiger partial charge in [0.05, 0.1) is 0 Å². The van der Waals surface area contributed by atoms with Crippen LogP contribution in [0.15, 0.2) is 30.3 Å². The summed E-state index contributed by atoms with van der Waals surface area (Å²) in [6, 6.07) is 11.4. The molecule has 0 radical (unpaired) electrons. The maximum Gasteiger partial charge on any atom is 0.102 e. The maximum absolute atomic E-state index is 13.0. The van der Waals surface area contributed by atoms with Crippen LogP contribution in [-0.4, -0.2) is 37.3 Å². The normalized spacial score (nSPS) is 28.6. The molecule has 21 heavy (non-hydrogen) atoms. The first-order chi connectivity index (χ1) is 10.4. The first-order valence-corrected chi connectivity index (χ1v) is 8.47. The lowest BCUT2D eigenvalue weighted by atomic mass is 9.82. The lowest BCUT2D eigenvalue weighted by molar-refractivity contribution is 0.0897. The highest BCUT2D eigenvalue weighted by molar-refractivity contribution is 5.20. The van der Waals surface area contributed by atoms with E-state index in [-0.39, 0.29) is 6.67 Å². The number of halogens is 1. The molecule has 1 aliphatic carbocycles. The zero-order valence-electron chi connectivity index (χ0n) is 12.8. The fraction of sp³-hybridized carbons (Fsp3) is 0.667. The SMILES string of the molecule is FCCN1CC(C2CCCCC2)NCC1c1ccccc1. The van der Waals surface area contributed by atoms with Crippen molar-refractivity contribution in [1.82, 2.24) is 10.2 Å². The van der Waals surface area contributed by atoms with Gasteiger partial charge in [-0.3, -0.25) is 4.90 Å². The Hall–Kier alpha value is -0.930. The number of rotatable bonds is 4. The van der Waals surface area contributed by atoms with E-state index in [1.807, 2.05) is 6.07 Å². The Kier molecular flexibility index (Phi) is 5.26. The standard InChI is InChI=1S/C18H27FN2/c19-11-12-21-14-17(15-7-3-1-4-8-15)20-13-18(21)16-9-5-2-6-10-16/h2,5-6,9-10,15,17-18,20H,1,3-4,7-8,11-14H2. The number of alkyl halides is 1. The Balaban J connectivity index is 1.68. The average molecular weight is 290 g/mol. The van der Waals surface area contributed by atoms with Crippen LogP contribution < -0.4 is 5.32 Å². The first-order valence-electron chi connectivity index (χ1n) is 8.47. The summed E-state index contributed by atoms with van der Waals surface area (Å²) < 4.78 is 13.0. The lowest BCUT2D eigenvalue weighted by Crippen LogP contribution is -2.55. The van der Waals surface area contributed by atoms with Crippen LogP contribution in [0.5, 0.6) is 0 Å². The summed E-state index contributed by atoms with van der Waals surface area (Å²) in [7, 11) is 0. The summed E-state index contributed by atoms with van der Waals surface area (Å²) in [5.41, 5.74) is 1.31. The minimum absolute atomic E-state index is 0.249. The average Bonchev–Trinajstić information content (AvgIpc) is 2.57. The maximum atomic E-state index is 13.0. The zero-order chi connectivity index (χ0) is 14.5. The van der Waals surface area contributed by atoms with Crippen molar-refractivity contribution in [2.45, 2.75) is 44.2 Å². The van der Waals surface area contributed by atoms with Crippen LogP contribution >= 0.6 is 0 Å².